The molecule has 4 rings (SSSR count). The van der Waals surface area contributed by atoms with Crippen LogP contribution in [0.25, 0.3) is 0 Å². The second kappa shape index (κ2) is 5.17. The summed E-state index contributed by atoms with van der Waals surface area (Å²) in [7, 11) is 0. The van der Waals surface area contributed by atoms with E-state index in [1.54, 1.807) is 6.92 Å². The predicted molar refractivity (Wildman–Crippen MR) is 90.9 cm³/mol. The quantitative estimate of drug-likeness (QED) is 0.696. The first-order chi connectivity index (χ1) is 10.9. The van der Waals surface area contributed by atoms with Crippen LogP contribution >= 0.6 is 0 Å². The Hall–Kier alpha value is -0.660. The summed E-state index contributed by atoms with van der Waals surface area (Å²) in [5.74, 6) is 3.20. The Balaban J connectivity index is 1.70. The van der Waals surface area contributed by atoms with Gasteiger partial charge < -0.3 is 0 Å². The molecule has 4 aliphatic carbocycles. The summed E-state index contributed by atoms with van der Waals surface area (Å²) in [6.07, 6.45) is 10.7. The van der Waals surface area contributed by atoms with Gasteiger partial charge in [0.05, 0.1) is 0 Å². The van der Waals surface area contributed by atoms with Gasteiger partial charge in [0.25, 0.3) is 0 Å². The van der Waals surface area contributed by atoms with E-state index < -0.39 is 0 Å². The van der Waals surface area contributed by atoms with Gasteiger partial charge in [0.2, 0.25) is 0 Å². The van der Waals surface area contributed by atoms with Gasteiger partial charge in [0.1, 0.15) is 11.6 Å². The van der Waals surface area contributed by atoms with Crippen molar-refractivity contribution < 1.29 is 9.59 Å². The van der Waals surface area contributed by atoms with Crippen LogP contribution in [0.2, 0.25) is 0 Å². The first-order valence-corrected chi connectivity index (χ1v) is 9.91. The topological polar surface area (TPSA) is 34.1 Å². The van der Waals surface area contributed by atoms with Gasteiger partial charge in [-0.05, 0) is 74.0 Å². The van der Waals surface area contributed by atoms with Crippen molar-refractivity contribution in [3.63, 3.8) is 0 Å². The molecule has 4 aliphatic rings. The molecule has 0 saturated heterocycles. The van der Waals surface area contributed by atoms with E-state index >= 15 is 0 Å². The van der Waals surface area contributed by atoms with Gasteiger partial charge in [0.15, 0.2) is 0 Å². The fourth-order valence-corrected chi connectivity index (χ4v) is 7.78. The van der Waals surface area contributed by atoms with Crippen LogP contribution in [0.15, 0.2) is 0 Å². The van der Waals surface area contributed by atoms with Gasteiger partial charge in [-0.3, -0.25) is 9.59 Å². The van der Waals surface area contributed by atoms with Gasteiger partial charge in [0, 0.05) is 18.3 Å². The standard InChI is InChI=1S/C21H32O2/c1-13(22)16-9-10-17-15-8-7-14-6-4-5-11-20(14,2)19(15)18(23)12-21(16,17)3/h14-17,19H,4-12H2,1-3H3/t14-,15+,16+,17-,19+,20+,21-/m1/s1. The molecule has 0 unspecified atom stereocenters. The molecule has 7 atom stereocenters. The number of hydrogen-bond donors (Lipinski definition) is 0. The summed E-state index contributed by atoms with van der Waals surface area (Å²) in [4.78, 5) is 25.4. The van der Waals surface area contributed by atoms with Crippen LogP contribution in [0, 0.1) is 40.4 Å². The highest BCUT2D eigenvalue weighted by Crippen LogP contribution is 2.66. The fraction of sp³-hybridized carbons (Fsp3) is 0.905. The SMILES string of the molecule is CC(=O)[C@@H]1CC[C@@H]2[C@@H]3CC[C@H]4CCCC[C@]4(C)[C@@H]3C(=O)C[C@@]21C. The Morgan fingerprint density at radius 1 is 1.00 bits per heavy atom. The Morgan fingerprint density at radius 2 is 1.78 bits per heavy atom. The Morgan fingerprint density at radius 3 is 2.52 bits per heavy atom. The zero-order chi connectivity index (χ0) is 16.4. The summed E-state index contributed by atoms with van der Waals surface area (Å²) in [5.41, 5.74) is 0.218. The maximum Gasteiger partial charge on any atom is 0.137 e. The highest BCUT2D eigenvalue weighted by atomic mass is 16.1. The molecule has 0 aromatic heterocycles. The minimum absolute atomic E-state index is 0.0397. The van der Waals surface area contributed by atoms with Crippen LogP contribution in [0.5, 0.6) is 0 Å². The molecule has 0 aromatic carbocycles. The third-order valence-electron chi connectivity index (χ3n) is 8.76. The molecule has 0 radical (unpaired) electrons. The second-order valence-electron chi connectivity index (χ2n) is 9.66. The second-order valence-corrected chi connectivity index (χ2v) is 9.66. The molecule has 0 aliphatic heterocycles. The monoisotopic (exact) mass is 316 g/mol. The average molecular weight is 316 g/mol. The molecular formula is C21H32O2. The van der Waals surface area contributed by atoms with Crippen molar-refractivity contribution in [3.05, 3.63) is 0 Å². The van der Waals surface area contributed by atoms with E-state index in [-0.39, 0.29) is 16.7 Å². The number of rotatable bonds is 1. The normalized spacial score (nSPS) is 52.5. The van der Waals surface area contributed by atoms with Crippen molar-refractivity contribution in [2.45, 2.75) is 78.6 Å². The fourth-order valence-electron chi connectivity index (χ4n) is 7.78. The minimum atomic E-state index is -0.0397. The molecule has 2 heteroatoms. The number of carbonyl (C=O) groups is 2. The van der Waals surface area contributed by atoms with Gasteiger partial charge in [-0.2, -0.15) is 0 Å². The molecule has 0 heterocycles. The van der Waals surface area contributed by atoms with Gasteiger partial charge in [-0.1, -0.05) is 26.7 Å². The van der Waals surface area contributed by atoms with Crippen molar-refractivity contribution in [1.82, 2.24) is 0 Å². The van der Waals surface area contributed by atoms with Crippen molar-refractivity contribution in [2.75, 3.05) is 0 Å². The molecule has 4 saturated carbocycles. The lowest BCUT2D eigenvalue weighted by Gasteiger charge is -2.59. The molecule has 0 aromatic rings. The number of fused-ring (bicyclic) bond motifs is 5. The highest BCUT2D eigenvalue weighted by molar-refractivity contribution is 5.87. The number of ketones is 2. The molecule has 0 N–H and O–H groups in total. The molecule has 23 heavy (non-hydrogen) atoms. The lowest BCUT2D eigenvalue weighted by atomic mass is 9.44. The lowest BCUT2D eigenvalue weighted by Crippen LogP contribution is -2.57. The van der Waals surface area contributed by atoms with E-state index in [1.807, 2.05) is 0 Å². The third kappa shape index (κ3) is 2.05. The van der Waals surface area contributed by atoms with Gasteiger partial charge >= 0.3 is 0 Å². The predicted octanol–water partition coefficient (Wildman–Crippen LogP) is 4.80. The van der Waals surface area contributed by atoms with E-state index in [4.69, 9.17) is 0 Å². The zero-order valence-electron chi connectivity index (χ0n) is 15.1. The molecule has 0 spiro atoms. The molecule has 0 bridgehead atoms. The van der Waals surface area contributed by atoms with E-state index in [0.29, 0.717) is 35.7 Å². The van der Waals surface area contributed by atoms with Crippen LogP contribution in [-0.4, -0.2) is 11.6 Å². The Labute approximate surface area is 140 Å². The van der Waals surface area contributed by atoms with Crippen molar-refractivity contribution in [1.29, 1.82) is 0 Å². The molecule has 4 fully saturated rings. The lowest BCUT2D eigenvalue weighted by molar-refractivity contribution is -0.158. The number of hydrogen-bond acceptors (Lipinski definition) is 2. The summed E-state index contributed by atoms with van der Waals surface area (Å²) in [5, 5.41) is 0. The Bertz CT molecular complexity index is 538. The minimum Gasteiger partial charge on any atom is -0.300 e. The van der Waals surface area contributed by atoms with Crippen molar-refractivity contribution >= 4 is 11.6 Å². The zero-order valence-corrected chi connectivity index (χ0v) is 15.1. The average Bonchev–Trinajstić information content (AvgIpc) is 2.82. The van der Waals surface area contributed by atoms with E-state index in [1.165, 1.54) is 44.9 Å². The first-order valence-electron chi connectivity index (χ1n) is 9.91. The number of carbonyl (C=O) groups excluding carboxylic acids is 2. The van der Waals surface area contributed by atoms with E-state index in [2.05, 4.69) is 13.8 Å². The van der Waals surface area contributed by atoms with Crippen LogP contribution in [0.3, 0.4) is 0 Å². The smallest absolute Gasteiger partial charge is 0.137 e. The van der Waals surface area contributed by atoms with Gasteiger partial charge in [-0.25, -0.2) is 0 Å². The summed E-state index contributed by atoms with van der Waals surface area (Å²) < 4.78 is 0. The summed E-state index contributed by atoms with van der Waals surface area (Å²) in [6.45, 7) is 6.44. The van der Waals surface area contributed by atoms with E-state index in [0.717, 1.165) is 12.3 Å². The summed E-state index contributed by atoms with van der Waals surface area (Å²) in [6, 6.07) is 0. The molecular weight excluding hydrogens is 284 g/mol. The van der Waals surface area contributed by atoms with Crippen LogP contribution in [0.4, 0.5) is 0 Å². The first kappa shape index (κ1) is 15.8. The van der Waals surface area contributed by atoms with E-state index in [9.17, 15) is 9.59 Å². The number of Topliss-reactive ketones (excluding diaryl/α,β-unsaturated/α-hetero) is 2. The Kier molecular flexibility index (Phi) is 3.56. The molecule has 0 amide bonds. The molecule has 2 nitrogen and oxygen atoms in total. The highest BCUT2D eigenvalue weighted by Gasteiger charge is 2.63. The van der Waals surface area contributed by atoms with Crippen molar-refractivity contribution in [3.8, 4) is 0 Å². The largest absolute Gasteiger partial charge is 0.300 e. The van der Waals surface area contributed by atoms with Crippen LogP contribution < -0.4 is 0 Å². The maximum atomic E-state index is 13.3. The maximum absolute atomic E-state index is 13.3. The van der Waals surface area contributed by atoms with Crippen LogP contribution in [-0.2, 0) is 9.59 Å². The third-order valence-corrected chi connectivity index (χ3v) is 8.76. The molecule has 128 valence electrons. The van der Waals surface area contributed by atoms with Gasteiger partial charge in [-0.15, -0.1) is 0 Å². The van der Waals surface area contributed by atoms with Crippen molar-refractivity contribution in [2.24, 2.45) is 40.4 Å². The van der Waals surface area contributed by atoms with Crippen LogP contribution in [0.1, 0.15) is 78.6 Å². The summed E-state index contributed by atoms with van der Waals surface area (Å²) >= 11 is 0.